The summed E-state index contributed by atoms with van der Waals surface area (Å²) in [5, 5.41) is 3.33. The first-order valence-electron chi connectivity index (χ1n) is 6.03. The van der Waals surface area contributed by atoms with Crippen LogP contribution in [-0.4, -0.2) is 31.9 Å². The average molecular weight is 318 g/mol. The van der Waals surface area contributed by atoms with Gasteiger partial charge in [-0.2, -0.15) is 0 Å². The second-order valence-electron chi connectivity index (χ2n) is 4.33. The largest absolute Gasteiger partial charge is 0.487 e. The number of hydrogen-bond acceptors (Lipinski definition) is 3. The molecule has 0 aliphatic heterocycles. The van der Waals surface area contributed by atoms with E-state index in [1.807, 2.05) is 0 Å². The van der Waals surface area contributed by atoms with Gasteiger partial charge in [0, 0.05) is 25.6 Å². The molecule has 0 heterocycles. The maximum atomic E-state index is 13.4. The van der Waals surface area contributed by atoms with E-state index in [0.29, 0.717) is 16.3 Å². The molecule has 18 heavy (non-hydrogen) atoms. The topological polar surface area (TPSA) is 30.5 Å². The van der Waals surface area contributed by atoms with Crippen LogP contribution >= 0.6 is 15.9 Å². The van der Waals surface area contributed by atoms with E-state index in [9.17, 15) is 4.39 Å². The first-order valence-corrected chi connectivity index (χ1v) is 6.83. The van der Waals surface area contributed by atoms with Crippen LogP contribution in [0.25, 0.3) is 0 Å². The molecule has 5 heteroatoms. The third-order valence-electron chi connectivity index (χ3n) is 3.17. The van der Waals surface area contributed by atoms with Crippen LogP contribution in [0.4, 0.5) is 4.39 Å². The second-order valence-corrected chi connectivity index (χ2v) is 5.19. The van der Waals surface area contributed by atoms with Crippen LogP contribution in [0.15, 0.2) is 22.7 Å². The molecule has 2 rings (SSSR count). The van der Waals surface area contributed by atoms with Gasteiger partial charge >= 0.3 is 0 Å². The minimum absolute atomic E-state index is 0.0142. The highest BCUT2D eigenvalue weighted by molar-refractivity contribution is 9.10. The van der Waals surface area contributed by atoms with Gasteiger partial charge in [-0.3, -0.25) is 0 Å². The Morgan fingerprint density at radius 1 is 1.50 bits per heavy atom. The molecule has 1 saturated carbocycles. The number of likely N-dealkylation sites (N-methyl/N-ethyl adjacent to an activating group) is 1. The van der Waals surface area contributed by atoms with E-state index in [4.69, 9.17) is 9.47 Å². The fourth-order valence-electron chi connectivity index (χ4n) is 2.20. The fourth-order valence-corrected chi connectivity index (χ4v) is 2.45. The molecule has 1 fully saturated rings. The van der Waals surface area contributed by atoms with Gasteiger partial charge in [0.15, 0.2) is 0 Å². The average Bonchev–Trinajstić information content (AvgIpc) is 2.32. The predicted octanol–water partition coefficient (Wildman–Crippen LogP) is 2.73. The van der Waals surface area contributed by atoms with E-state index in [-0.39, 0.29) is 18.0 Å². The number of halogens is 2. The Labute approximate surface area is 115 Å². The Hall–Kier alpha value is -0.650. The summed E-state index contributed by atoms with van der Waals surface area (Å²) in [7, 11) is 1.67. The van der Waals surface area contributed by atoms with Gasteiger partial charge in [-0.15, -0.1) is 0 Å². The Bertz CT molecular complexity index is 416. The molecule has 0 radical (unpaired) electrons. The van der Waals surface area contributed by atoms with Crippen molar-refractivity contribution in [2.45, 2.75) is 31.6 Å². The van der Waals surface area contributed by atoms with Crippen molar-refractivity contribution in [2.24, 2.45) is 0 Å². The lowest BCUT2D eigenvalue weighted by Crippen LogP contribution is -2.60. The third-order valence-corrected chi connectivity index (χ3v) is 3.81. The minimum atomic E-state index is -0.316. The SMILES string of the molecule is CCNC1CC(Oc2ccc(Br)c(F)c2)C1OC. The summed E-state index contributed by atoms with van der Waals surface area (Å²) in [4.78, 5) is 0. The van der Waals surface area contributed by atoms with E-state index in [0.717, 1.165) is 13.0 Å². The Balaban J connectivity index is 1.96. The molecule has 100 valence electrons. The number of rotatable bonds is 5. The van der Waals surface area contributed by atoms with Crippen molar-refractivity contribution in [3.63, 3.8) is 0 Å². The molecule has 1 aromatic carbocycles. The van der Waals surface area contributed by atoms with Crippen LogP contribution in [0.1, 0.15) is 13.3 Å². The van der Waals surface area contributed by atoms with Crippen molar-refractivity contribution < 1.29 is 13.9 Å². The summed E-state index contributed by atoms with van der Waals surface area (Å²) in [6, 6.07) is 5.11. The summed E-state index contributed by atoms with van der Waals surface area (Å²) < 4.78 is 24.9. The molecule has 3 unspecified atom stereocenters. The molecular formula is C13H17BrFNO2. The van der Waals surface area contributed by atoms with Crippen molar-refractivity contribution in [1.29, 1.82) is 0 Å². The minimum Gasteiger partial charge on any atom is -0.487 e. The summed E-state index contributed by atoms with van der Waals surface area (Å²) in [6.45, 7) is 2.97. The Morgan fingerprint density at radius 3 is 2.89 bits per heavy atom. The lowest BCUT2D eigenvalue weighted by Gasteiger charge is -2.43. The Kier molecular flexibility index (Phi) is 4.59. The Morgan fingerprint density at radius 2 is 2.28 bits per heavy atom. The van der Waals surface area contributed by atoms with Gasteiger partial charge in [0.2, 0.25) is 0 Å². The highest BCUT2D eigenvalue weighted by Crippen LogP contribution is 2.30. The fraction of sp³-hybridized carbons (Fsp3) is 0.538. The molecule has 1 aliphatic rings. The van der Waals surface area contributed by atoms with Crippen LogP contribution in [-0.2, 0) is 4.74 Å². The van der Waals surface area contributed by atoms with E-state index >= 15 is 0 Å². The first-order chi connectivity index (χ1) is 8.65. The van der Waals surface area contributed by atoms with Crippen molar-refractivity contribution in [2.75, 3.05) is 13.7 Å². The zero-order valence-electron chi connectivity index (χ0n) is 10.5. The lowest BCUT2D eigenvalue weighted by molar-refractivity contribution is -0.0884. The van der Waals surface area contributed by atoms with Gasteiger partial charge in [-0.05, 0) is 34.6 Å². The maximum Gasteiger partial charge on any atom is 0.141 e. The molecule has 0 spiro atoms. The number of nitrogens with one attached hydrogen (secondary N) is 1. The van der Waals surface area contributed by atoms with Gasteiger partial charge in [0.05, 0.1) is 4.47 Å². The summed E-state index contributed by atoms with van der Waals surface area (Å²) in [5.74, 6) is 0.224. The van der Waals surface area contributed by atoms with E-state index in [1.54, 1.807) is 19.2 Å². The van der Waals surface area contributed by atoms with E-state index in [2.05, 4.69) is 28.2 Å². The molecule has 1 aromatic rings. The lowest BCUT2D eigenvalue weighted by atomic mass is 9.85. The molecule has 3 nitrogen and oxygen atoms in total. The second kappa shape index (κ2) is 5.99. The van der Waals surface area contributed by atoms with Gasteiger partial charge in [-0.25, -0.2) is 4.39 Å². The van der Waals surface area contributed by atoms with Crippen LogP contribution < -0.4 is 10.1 Å². The molecule has 0 aromatic heterocycles. The van der Waals surface area contributed by atoms with Crippen LogP contribution in [0, 0.1) is 5.82 Å². The van der Waals surface area contributed by atoms with Gasteiger partial charge in [-0.1, -0.05) is 6.92 Å². The smallest absolute Gasteiger partial charge is 0.141 e. The van der Waals surface area contributed by atoms with Crippen molar-refractivity contribution in [3.05, 3.63) is 28.5 Å². The standard InChI is InChI=1S/C13H17BrFNO2/c1-3-16-11-7-12(13(11)17-2)18-8-4-5-9(14)10(15)6-8/h4-6,11-13,16H,3,7H2,1-2H3. The molecule has 3 atom stereocenters. The molecular weight excluding hydrogens is 301 g/mol. The van der Waals surface area contributed by atoms with Crippen LogP contribution in [0.2, 0.25) is 0 Å². The van der Waals surface area contributed by atoms with Crippen LogP contribution in [0.5, 0.6) is 5.75 Å². The molecule has 1 aliphatic carbocycles. The number of ether oxygens (including phenoxy) is 2. The predicted molar refractivity (Wildman–Crippen MR) is 71.4 cm³/mol. The van der Waals surface area contributed by atoms with Gasteiger partial charge in [0.1, 0.15) is 23.8 Å². The quantitative estimate of drug-likeness (QED) is 0.905. The van der Waals surface area contributed by atoms with Crippen molar-refractivity contribution in [3.8, 4) is 5.75 Å². The van der Waals surface area contributed by atoms with E-state index in [1.165, 1.54) is 6.07 Å². The molecule has 0 saturated heterocycles. The summed E-state index contributed by atoms with van der Waals surface area (Å²) in [6.07, 6.45) is 0.889. The van der Waals surface area contributed by atoms with Crippen molar-refractivity contribution in [1.82, 2.24) is 5.32 Å². The highest BCUT2D eigenvalue weighted by Gasteiger charge is 2.42. The molecule has 0 bridgehead atoms. The van der Waals surface area contributed by atoms with Gasteiger partial charge in [0.25, 0.3) is 0 Å². The zero-order chi connectivity index (χ0) is 13.1. The van der Waals surface area contributed by atoms with Gasteiger partial charge < -0.3 is 14.8 Å². The normalized spacial score (nSPS) is 26.8. The number of benzene rings is 1. The highest BCUT2D eigenvalue weighted by atomic mass is 79.9. The summed E-state index contributed by atoms with van der Waals surface area (Å²) in [5.41, 5.74) is 0. The summed E-state index contributed by atoms with van der Waals surface area (Å²) >= 11 is 3.12. The van der Waals surface area contributed by atoms with Crippen LogP contribution in [0.3, 0.4) is 0 Å². The molecule has 1 N–H and O–H groups in total. The van der Waals surface area contributed by atoms with Crippen molar-refractivity contribution >= 4 is 15.9 Å². The number of hydrogen-bond donors (Lipinski definition) is 1. The molecule has 0 amide bonds. The maximum absolute atomic E-state index is 13.4. The first kappa shape index (κ1) is 13.8. The number of methoxy groups -OCH3 is 1. The monoisotopic (exact) mass is 317 g/mol. The third kappa shape index (κ3) is 2.84. The zero-order valence-corrected chi connectivity index (χ0v) is 12.0. The van der Waals surface area contributed by atoms with E-state index < -0.39 is 0 Å².